The number of benzene rings is 1. The fraction of sp³-hybridized carbons (Fsp3) is 0.368. The zero-order valence-electron chi connectivity index (χ0n) is 14.8. The number of hydrogen-bond donors (Lipinski definition) is 0. The predicted molar refractivity (Wildman–Crippen MR) is 95.1 cm³/mol. The quantitative estimate of drug-likeness (QED) is 0.611. The number of ether oxygens (including phenoxy) is 1. The molecule has 0 aliphatic carbocycles. The average Bonchev–Trinajstić information content (AvgIpc) is 3.08. The Morgan fingerprint density at radius 3 is 2.88 bits per heavy atom. The molecule has 2 aliphatic heterocycles. The molecule has 1 fully saturated rings. The molecule has 3 heterocycles. The van der Waals surface area contributed by atoms with E-state index in [2.05, 4.69) is 6.58 Å². The molecular weight excluding hydrogens is 334 g/mol. The number of nitrogens with zero attached hydrogens (tertiary/aromatic N) is 3. The summed E-state index contributed by atoms with van der Waals surface area (Å²) in [5.41, 5.74) is 2.75. The van der Waals surface area contributed by atoms with E-state index >= 15 is 0 Å². The van der Waals surface area contributed by atoms with Crippen LogP contribution in [0, 0.1) is 0 Å². The van der Waals surface area contributed by atoms with Gasteiger partial charge in [0.25, 0.3) is 0 Å². The van der Waals surface area contributed by atoms with Crippen LogP contribution in [0.4, 0.5) is 4.79 Å². The van der Waals surface area contributed by atoms with Gasteiger partial charge in [0.1, 0.15) is 6.04 Å². The van der Waals surface area contributed by atoms with E-state index in [1.54, 1.807) is 17.9 Å². The van der Waals surface area contributed by atoms with Gasteiger partial charge in [-0.15, -0.1) is 6.58 Å². The van der Waals surface area contributed by atoms with Gasteiger partial charge in [-0.3, -0.25) is 4.84 Å². The first-order valence-electron chi connectivity index (χ1n) is 8.67. The third-order valence-corrected chi connectivity index (χ3v) is 5.02. The van der Waals surface area contributed by atoms with Crippen molar-refractivity contribution in [1.82, 2.24) is 14.5 Å². The number of hydrogen-bond acceptors (Lipinski definition) is 4. The molecule has 1 aromatic heterocycles. The van der Waals surface area contributed by atoms with E-state index in [0.29, 0.717) is 6.54 Å². The minimum Gasteiger partial charge on any atom is -0.464 e. The highest BCUT2D eigenvalue weighted by Crippen LogP contribution is 2.48. The zero-order chi connectivity index (χ0) is 18.4. The van der Waals surface area contributed by atoms with Crippen molar-refractivity contribution in [2.45, 2.75) is 19.0 Å². The van der Waals surface area contributed by atoms with Crippen LogP contribution in [0.15, 0.2) is 36.9 Å². The second-order valence-electron chi connectivity index (χ2n) is 6.39. The fourth-order valence-electron chi connectivity index (χ4n) is 4.04. The lowest BCUT2D eigenvalue weighted by Crippen LogP contribution is -2.39. The highest BCUT2D eigenvalue weighted by atomic mass is 16.7. The molecule has 2 amide bonds. The molecule has 7 heteroatoms. The van der Waals surface area contributed by atoms with Crippen molar-refractivity contribution in [2.24, 2.45) is 7.05 Å². The Kier molecular flexibility index (Phi) is 3.96. The van der Waals surface area contributed by atoms with Crippen LogP contribution in [0.25, 0.3) is 10.9 Å². The molecule has 2 aliphatic rings. The number of fused-ring (bicyclic) bond motifs is 6. The molecular formula is C19H21N3O4. The van der Waals surface area contributed by atoms with Gasteiger partial charge >= 0.3 is 12.0 Å². The lowest BCUT2D eigenvalue weighted by molar-refractivity contribution is -0.148. The molecule has 4 rings (SSSR count). The van der Waals surface area contributed by atoms with Gasteiger partial charge in [0.05, 0.1) is 25.5 Å². The van der Waals surface area contributed by atoms with Crippen molar-refractivity contribution in [3.05, 3.63) is 48.2 Å². The molecule has 26 heavy (non-hydrogen) atoms. The van der Waals surface area contributed by atoms with Crippen molar-refractivity contribution < 1.29 is 19.2 Å². The number of carbonyl (C=O) groups excluding carboxylic acids is 2. The molecule has 0 spiro atoms. The molecule has 2 unspecified atom stereocenters. The smallest absolute Gasteiger partial charge is 0.345 e. The minimum absolute atomic E-state index is 0.222. The van der Waals surface area contributed by atoms with Gasteiger partial charge < -0.3 is 14.2 Å². The van der Waals surface area contributed by atoms with Crippen molar-refractivity contribution in [1.29, 1.82) is 0 Å². The van der Waals surface area contributed by atoms with E-state index in [4.69, 9.17) is 9.57 Å². The summed E-state index contributed by atoms with van der Waals surface area (Å²) in [7, 11) is 1.95. The molecule has 2 atom stereocenters. The number of hydroxylamine groups is 2. The summed E-state index contributed by atoms with van der Waals surface area (Å²) >= 11 is 0. The number of para-hydroxylation sites is 1. The van der Waals surface area contributed by atoms with Gasteiger partial charge in [-0.1, -0.05) is 24.3 Å². The van der Waals surface area contributed by atoms with Crippen LogP contribution in [-0.2, 0) is 21.4 Å². The molecule has 2 aromatic rings. The maximum atomic E-state index is 12.9. The van der Waals surface area contributed by atoms with Gasteiger partial charge in [-0.25, -0.2) is 9.59 Å². The third-order valence-electron chi connectivity index (χ3n) is 5.02. The summed E-state index contributed by atoms with van der Waals surface area (Å²) in [6, 6.07) is 6.52. The first kappa shape index (κ1) is 16.7. The lowest BCUT2D eigenvalue weighted by Gasteiger charge is -2.30. The summed E-state index contributed by atoms with van der Waals surface area (Å²) < 4.78 is 7.34. The summed E-state index contributed by atoms with van der Waals surface area (Å²) in [5, 5.41) is 2.31. The Bertz CT molecular complexity index is 904. The first-order chi connectivity index (χ1) is 12.6. The third kappa shape index (κ3) is 2.17. The normalized spacial score (nSPS) is 21.2. The average molecular weight is 355 g/mol. The van der Waals surface area contributed by atoms with E-state index < -0.39 is 12.0 Å². The van der Waals surface area contributed by atoms with Gasteiger partial charge in [0.2, 0.25) is 0 Å². The van der Waals surface area contributed by atoms with E-state index in [0.717, 1.165) is 22.2 Å². The van der Waals surface area contributed by atoms with E-state index in [1.165, 1.54) is 5.06 Å². The number of amides is 2. The highest BCUT2D eigenvalue weighted by molar-refractivity contribution is 5.96. The van der Waals surface area contributed by atoms with Crippen LogP contribution < -0.4 is 0 Å². The van der Waals surface area contributed by atoms with Gasteiger partial charge in [0.15, 0.2) is 6.04 Å². The largest absolute Gasteiger partial charge is 0.464 e. The molecule has 1 aromatic carbocycles. The number of urea groups is 1. The second-order valence-corrected chi connectivity index (χ2v) is 6.39. The predicted octanol–water partition coefficient (Wildman–Crippen LogP) is 2.69. The number of aromatic nitrogens is 1. The Hall–Kier alpha value is -2.80. The van der Waals surface area contributed by atoms with Gasteiger partial charge in [-0.05, 0) is 13.0 Å². The number of esters is 1. The van der Waals surface area contributed by atoms with Crippen LogP contribution in [-0.4, -0.2) is 46.3 Å². The standard InChI is InChI=1S/C19H21N3O4/c1-4-10-26-22-14-11-21(19(22)24)17(18(23)25-5-2)15-12-8-6-7-9-13(12)20(3)16(14)15/h4,6-9,14,17H,1,5,10-11H2,2-3H3. The first-order valence-corrected chi connectivity index (χ1v) is 8.67. The van der Waals surface area contributed by atoms with Crippen LogP contribution in [0.1, 0.15) is 30.3 Å². The van der Waals surface area contributed by atoms with Crippen molar-refractivity contribution in [2.75, 3.05) is 19.8 Å². The maximum Gasteiger partial charge on any atom is 0.345 e. The van der Waals surface area contributed by atoms with E-state index in [-0.39, 0.29) is 25.3 Å². The molecule has 1 saturated heterocycles. The van der Waals surface area contributed by atoms with Crippen LogP contribution in [0.5, 0.6) is 0 Å². The molecule has 7 nitrogen and oxygen atoms in total. The summed E-state index contributed by atoms with van der Waals surface area (Å²) in [4.78, 5) is 32.8. The van der Waals surface area contributed by atoms with Crippen molar-refractivity contribution in [3.63, 3.8) is 0 Å². The number of carbonyl (C=O) groups is 2. The minimum atomic E-state index is -0.767. The highest BCUT2D eigenvalue weighted by Gasteiger charge is 2.53. The maximum absolute atomic E-state index is 12.9. The Balaban J connectivity index is 1.93. The number of aryl methyl sites for hydroxylation is 1. The molecule has 136 valence electrons. The van der Waals surface area contributed by atoms with Crippen LogP contribution >= 0.6 is 0 Å². The Morgan fingerprint density at radius 2 is 2.15 bits per heavy atom. The molecule has 0 N–H and O–H groups in total. The van der Waals surface area contributed by atoms with Gasteiger partial charge in [-0.2, -0.15) is 5.06 Å². The van der Waals surface area contributed by atoms with E-state index in [9.17, 15) is 9.59 Å². The topological polar surface area (TPSA) is 64.0 Å². The van der Waals surface area contributed by atoms with Crippen LogP contribution in [0.3, 0.4) is 0 Å². The summed E-state index contributed by atoms with van der Waals surface area (Å²) in [5.74, 6) is -0.414. The van der Waals surface area contributed by atoms with E-state index in [1.807, 2.05) is 35.9 Å². The molecule has 0 radical (unpaired) electrons. The fourth-order valence-corrected chi connectivity index (χ4v) is 4.04. The van der Waals surface area contributed by atoms with Crippen molar-refractivity contribution in [3.8, 4) is 0 Å². The molecule has 2 bridgehead atoms. The Morgan fingerprint density at radius 1 is 1.38 bits per heavy atom. The second kappa shape index (κ2) is 6.17. The number of rotatable bonds is 5. The summed E-state index contributed by atoms with van der Waals surface area (Å²) in [6.07, 6.45) is 1.59. The SMILES string of the molecule is C=CCON1C(=O)N2CC1c1c(c3ccccc3n1C)C2C(=O)OCC. The summed E-state index contributed by atoms with van der Waals surface area (Å²) in [6.45, 7) is 6.27. The zero-order valence-corrected chi connectivity index (χ0v) is 14.8. The lowest BCUT2D eigenvalue weighted by atomic mass is 9.95. The molecule has 0 saturated carbocycles. The Labute approximate surface area is 151 Å². The van der Waals surface area contributed by atoms with Gasteiger partial charge in [0, 0.05) is 23.5 Å². The van der Waals surface area contributed by atoms with Crippen LogP contribution in [0.2, 0.25) is 0 Å². The van der Waals surface area contributed by atoms with Crippen molar-refractivity contribution >= 4 is 22.9 Å². The monoisotopic (exact) mass is 355 g/mol.